The minimum Gasteiger partial charge on any atom is -0.338 e. The Labute approximate surface area is 206 Å². The van der Waals surface area contributed by atoms with Crippen molar-refractivity contribution in [1.29, 1.82) is 0 Å². The van der Waals surface area contributed by atoms with Crippen molar-refractivity contribution in [2.24, 2.45) is 0 Å². The third-order valence-corrected chi connectivity index (χ3v) is 7.39. The highest BCUT2D eigenvalue weighted by atomic mass is 16.1. The van der Waals surface area contributed by atoms with Crippen LogP contribution in [0.3, 0.4) is 0 Å². The van der Waals surface area contributed by atoms with Gasteiger partial charge in [-0.3, -0.25) is 9.28 Å². The summed E-state index contributed by atoms with van der Waals surface area (Å²) in [5.41, 5.74) is 0. The first-order valence-electron chi connectivity index (χ1n) is 14.3. The molecule has 1 amide bonds. The zero-order valence-corrected chi connectivity index (χ0v) is 22.5. The van der Waals surface area contributed by atoms with Crippen LogP contribution in [0.15, 0.2) is 24.6 Å². The topological polar surface area (TPSA) is 41.1 Å². The molecule has 3 atom stereocenters. The normalized spacial score (nSPS) is 20.9. The van der Waals surface area contributed by atoms with Crippen LogP contribution in [0.25, 0.3) is 0 Å². The molecule has 0 aromatic carbocycles. The number of quaternary nitrogens is 1. The van der Waals surface area contributed by atoms with E-state index in [1.807, 2.05) is 0 Å². The molecule has 1 aliphatic heterocycles. The maximum atomic E-state index is 11.5. The van der Waals surface area contributed by atoms with Crippen LogP contribution >= 0.6 is 0 Å². The van der Waals surface area contributed by atoms with Crippen molar-refractivity contribution in [3.05, 3.63) is 24.6 Å². The number of hydrogen-bond acceptors (Lipinski definition) is 2. The highest BCUT2D eigenvalue weighted by molar-refractivity contribution is 5.72. The van der Waals surface area contributed by atoms with Crippen LogP contribution < -0.4 is 10.6 Å². The van der Waals surface area contributed by atoms with Gasteiger partial charge in [0.2, 0.25) is 5.91 Å². The average molecular weight is 463 g/mol. The van der Waals surface area contributed by atoms with Crippen LogP contribution in [-0.2, 0) is 4.79 Å². The molecule has 2 N–H and O–H groups in total. The maximum Gasteiger partial charge on any atom is 0.221 e. The summed E-state index contributed by atoms with van der Waals surface area (Å²) >= 11 is 0. The summed E-state index contributed by atoms with van der Waals surface area (Å²) in [5.74, 6) is 0.0538. The Balaban J connectivity index is 1.96. The van der Waals surface area contributed by atoms with Crippen LogP contribution in [0.5, 0.6) is 0 Å². The van der Waals surface area contributed by atoms with E-state index in [1.165, 1.54) is 109 Å². The fourth-order valence-electron chi connectivity index (χ4n) is 5.20. The summed E-state index contributed by atoms with van der Waals surface area (Å²) in [7, 11) is 0. The van der Waals surface area contributed by atoms with Gasteiger partial charge in [0.15, 0.2) is 12.3 Å². The van der Waals surface area contributed by atoms with Crippen molar-refractivity contribution in [3.8, 4) is 0 Å². The summed E-state index contributed by atoms with van der Waals surface area (Å²) in [5, 5.41) is 6.65. The number of nitrogens with one attached hydrogen (secondary N) is 2. The van der Waals surface area contributed by atoms with Crippen LogP contribution in [0.4, 0.5) is 0 Å². The van der Waals surface area contributed by atoms with Gasteiger partial charge in [-0.15, -0.1) is 0 Å². The first kappa shape index (κ1) is 29.7. The second kappa shape index (κ2) is 19.1. The molecular formula is C29H56N3O+. The Hall–Kier alpha value is -1.29. The maximum absolute atomic E-state index is 11.5. The van der Waals surface area contributed by atoms with Gasteiger partial charge in [-0.05, 0) is 32.6 Å². The molecule has 192 valence electrons. The molecule has 1 aliphatic rings. The molecule has 0 aliphatic carbocycles. The molecule has 1 rings (SSSR count). The van der Waals surface area contributed by atoms with E-state index in [0.717, 1.165) is 11.0 Å². The smallest absolute Gasteiger partial charge is 0.221 e. The third kappa shape index (κ3) is 12.7. The second-order valence-electron chi connectivity index (χ2n) is 10.1. The van der Waals surface area contributed by atoms with Crippen molar-refractivity contribution in [1.82, 2.24) is 10.6 Å². The van der Waals surface area contributed by atoms with Crippen molar-refractivity contribution < 1.29 is 9.28 Å². The quantitative estimate of drug-likeness (QED) is 0.103. The van der Waals surface area contributed by atoms with Gasteiger partial charge in [0, 0.05) is 20.3 Å². The first-order valence-corrected chi connectivity index (χ1v) is 14.3. The molecule has 33 heavy (non-hydrogen) atoms. The van der Waals surface area contributed by atoms with E-state index in [-0.39, 0.29) is 12.1 Å². The van der Waals surface area contributed by atoms with Gasteiger partial charge in [-0.25, -0.2) is 0 Å². The lowest BCUT2D eigenvalue weighted by atomic mass is 10.0. The van der Waals surface area contributed by atoms with E-state index < -0.39 is 0 Å². The van der Waals surface area contributed by atoms with Gasteiger partial charge < -0.3 is 10.6 Å². The standard InChI is InChI=1S/C29H55N3O/c1-5-7-8-9-10-11-12-13-14-15-16-17-18-19-20-21-22-23-24-29-30-25-26-32(29,6-2)27(3)31-28(4)33/h9-10,25-27,29-30H,5-8,11-24H2,1-4H3/p+1/b10-9+. The minimum absolute atomic E-state index is 0.0538. The SMILES string of the molecule is CCCC/C=C/CCCCCCCCCCCCCCC1NC=C[N+]1(CC)C(C)NC(C)=O. The summed E-state index contributed by atoms with van der Waals surface area (Å²) < 4.78 is 0.815. The molecule has 0 aromatic heterocycles. The zero-order valence-electron chi connectivity index (χ0n) is 22.5. The van der Waals surface area contributed by atoms with Crippen molar-refractivity contribution in [3.63, 3.8) is 0 Å². The van der Waals surface area contributed by atoms with Crippen molar-refractivity contribution in [2.75, 3.05) is 6.54 Å². The van der Waals surface area contributed by atoms with E-state index >= 15 is 0 Å². The molecule has 0 bridgehead atoms. The van der Waals surface area contributed by atoms with Gasteiger partial charge >= 0.3 is 0 Å². The molecule has 0 aromatic rings. The lowest BCUT2D eigenvalue weighted by molar-refractivity contribution is -0.923. The van der Waals surface area contributed by atoms with Gasteiger partial charge in [-0.2, -0.15) is 0 Å². The van der Waals surface area contributed by atoms with Gasteiger partial charge in [0.05, 0.1) is 12.7 Å². The predicted octanol–water partition coefficient (Wildman–Crippen LogP) is 7.91. The van der Waals surface area contributed by atoms with E-state index in [4.69, 9.17) is 0 Å². The summed E-state index contributed by atoms with van der Waals surface area (Å²) in [6, 6.07) is 0. The van der Waals surface area contributed by atoms with Gasteiger partial charge in [-0.1, -0.05) is 96.1 Å². The number of carbonyl (C=O) groups is 1. The number of allylic oxidation sites excluding steroid dienone is 2. The van der Waals surface area contributed by atoms with E-state index in [2.05, 4.69) is 56.0 Å². The number of carbonyl (C=O) groups excluding carboxylic acids is 1. The predicted molar refractivity (Wildman–Crippen MR) is 143 cm³/mol. The van der Waals surface area contributed by atoms with Crippen molar-refractivity contribution >= 4 is 5.91 Å². The summed E-state index contributed by atoms with van der Waals surface area (Å²) in [6.45, 7) is 9.21. The summed E-state index contributed by atoms with van der Waals surface area (Å²) in [4.78, 5) is 11.5. The first-order chi connectivity index (χ1) is 16.1. The molecule has 1 heterocycles. The molecule has 0 fully saturated rings. The van der Waals surface area contributed by atoms with E-state index in [1.54, 1.807) is 6.92 Å². The largest absolute Gasteiger partial charge is 0.338 e. The Morgan fingerprint density at radius 2 is 1.39 bits per heavy atom. The minimum atomic E-state index is 0.0538. The summed E-state index contributed by atoms with van der Waals surface area (Å²) in [6.07, 6.45) is 32.6. The fraction of sp³-hybridized carbons (Fsp3) is 0.828. The third-order valence-electron chi connectivity index (χ3n) is 7.39. The van der Waals surface area contributed by atoms with Gasteiger partial charge in [0.1, 0.15) is 6.20 Å². The van der Waals surface area contributed by atoms with E-state index in [0.29, 0.717) is 6.17 Å². The number of amides is 1. The molecule has 0 saturated carbocycles. The van der Waals surface area contributed by atoms with E-state index in [9.17, 15) is 4.79 Å². The number of rotatable bonds is 21. The van der Waals surface area contributed by atoms with Crippen LogP contribution in [0.1, 0.15) is 137 Å². The molecule has 0 radical (unpaired) electrons. The number of unbranched alkanes of at least 4 members (excludes halogenated alkanes) is 14. The lowest BCUT2D eigenvalue weighted by Crippen LogP contribution is -2.62. The monoisotopic (exact) mass is 462 g/mol. The van der Waals surface area contributed by atoms with Crippen molar-refractivity contribution in [2.45, 2.75) is 149 Å². The Morgan fingerprint density at radius 1 is 0.879 bits per heavy atom. The lowest BCUT2D eigenvalue weighted by Gasteiger charge is -2.41. The van der Waals surface area contributed by atoms with Crippen LogP contribution in [0.2, 0.25) is 0 Å². The Bertz CT molecular complexity index is 545. The highest BCUT2D eigenvalue weighted by Gasteiger charge is 2.41. The second-order valence-corrected chi connectivity index (χ2v) is 10.1. The van der Waals surface area contributed by atoms with Crippen LogP contribution in [0, 0.1) is 0 Å². The van der Waals surface area contributed by atoms with Crippen LogP contribution in [-0.4, -0.2) is 29.3 Å². The number of nitrogens with zero attached hydrogens (tertiary/aromatic N) is 1. The Kier molecular flexibility index (Phi) is 17.2. The average Bonchev–Trinajstić information content (AvgIpc) is 3.22. The van der Waals surface area contributed by atoms with Gasteiger partial charge in [0.25, 0.3) is 0 Å². The number of hydrogen-bond donors (Lipinski definition) is 2. The fourth-order valence-corrected chi connectivity index (χ4v) is 5.20. The molecule has 4 nitrogen and oxygen atoms in total. The molecule has 4 heteroatoms. The molecule has 3 unspecified atom stereocenters. The highest BCUT2D eigenvalue weighted by Crippen LogP contribution is 2.26. The Morgan fingerprint density at radius 3 is 1.91 bits per heavy atom. The zero-order chi connectivity index (χ0) is 24.2. The molecule has 0 saturated heterocycles. The molecule has 0 spiro atoms. The molecular weight excluding hydrogens is 406 g/mol.